The zero-order chi connectivity index (χ0) is 5.98. The van der Waals surface area contributed by atoms with Crippen molar-refractivity contribution < 1.29 is 0 Å². The quantitative estimate of drug-likeness (QED) is 0.516. The molecule has 3 nitrogen and oxygen atoms in total. The average molecular weight is 110 g/mol. The van der Waals surface area contributed by atoms with E-state index in [9.17, 15) is 0 Å². The molecule has 0 spiro atoms. The number of rotatable bonds is 1. The predicted molar refractivity (Wildman–Crippen MR) is 29.2 cm³/mol. The molecule has 3 heteroatoms. The minimum Gasteiger partial charge on any atom is -0.246 e. The lowest BCUT2D eigenvalue weighted by Crippen LogP contribution is -1.89. The Hall–Kier alpha value is -0.860. The van der Waals surface area contributed by atoms with E-state index >= 15 is 0 Å². The van der Waals surface area contributed by atoms with Gasteiger partial charge in [0.25, 0.3) is 0 Å². The van der Waals surface area contributed by atoms with E-state index in [1.165, 1.54) is 0 Å². The van der Waals surface area contributed by atoms with E-state index in [1.54, 1.807) is 4.68 Å². The smallest absolute Gasteiger partial charge is 0.196 e. The second-order valence-corrected chi connectivity index (χ2v) is 1.61. The van der Waals surface area contributed by atoms with E-state index in [0.717, 1.165) is 12.2 Å². The summed E-state index contributed by atoms with van der Waals surface area (Å²) in [4.78, 5) is 3.86. The van der Waals surface area contributed by atoms with E-state index in [2.05, 4.69) is 16.4 Å². The zero-order valence-corrected chi connectivity index (χ0v) is 5.05. The van der Waals surface area contributed by atoms with Crippen molar-refractivity contribution in [3.05, 3.63) is 12.2 Å². The third-order valence-electron chi connectivity index (χ3n) is 0.905. The van der Waals surface area contributed by atoms with E-state index in [1.807, 2.05) is 14.0 Å². The van der Waals surface area contributed by atoms with Crippen molar-refractivity contribution >= 4 is 0 Å². The van der Waals surface area contributed by atoms with Gasteiger partial charge in [0.2, 0.25) is 0 Å². The third kappa shape index (κ3) is 0.857. The van der Waals surface area contributed by atoms with Crippen molar-refractivity contribution in [3.63, 3.8) is 0 Å². The zero-order valence-electron chi connectivity index (χ0n) is 5.05. The molecular formula is C5H8N3. The summed E-state index contributed by atoms with van der Waals surface area (Å²) in [7, 11) is 1.81. The summed E-state index contributed by atoms with van der Waals surface area (Å²) < 4.78 is 1.58. The van der Waals surface area contributed by atoms with Crippen molar-refractivity contribution in [3.8, 4) is 0 Å². The molecule has 0 saturated carbocycles. The fourth-order valence-corrected chi connectivity index (χ4v) is 0.498. The van der Waals surface area contributed by atoms with Gasteiger partial charge >= 0.3 is 0 Å². The fraction of sp³-hybridized carbons (Fsp3) is 0.600. The van der Waals surface area contributed by atoms with Crippen LogP contribution in [0.5, 0.6) is 0 Å². The van der Waals surface area contributed by atoms with Crippen molar-refractivity contribution in [1.82, 2.24) is 14.8 Å². The standard InChI is InChI=1S/C5H8N3/c1-3-5-6-4-8(2)7-5/h3H2,1-2H3. The monoisotopic (exact) mass is 110 g/mol. The van der Waals surface area contributed by atoms with Crippen LogP contribution < -0.4 is 0 Å². The lowest BCUT2D eigenvalue weighted by atomic mass is 10.5. The van der Waals surface area contributed by atoms with Crippen molar-refractivity contribution in [2.24, 2.45) is 7.05 Å². The Bertz CT molecular complexity index is 168. The van der Waals surface area contributed by atoms with Crippen LogP contribution in [-0.4, -0.2) is 14.8 Å². The summed E-state index contributed by atoms with van der Waals surface area (Å²) in [6, 6.07) is 0. The van der Waals surface area contributed by atoms with Gasteiger partial charge in [-0.25, -0.2) is 9.67 Å². The van der Waals surface area contributed by atoms with Gasteiger partial charge in [-0.2, -0.15) is 5.10 Å². The maximum Gasteiger partial charge on any atom is 0.196 e. The topological polar surface area (TPSA) is 30.7 Å². The number of hydrogen-bond acceptors (Lipinski definition) is 2. The van der Waals surface area contributed by atoms with Crippen molar-refractivity contribution in [2.45, 2.75) is 13.3 Å². The van der Waals surface area contributed by atoms with Gasteiger partial charge in [0, 0.05) is 13.5 Å². The van der Waals surface area contributed by atoms with Gasteiger partial charge in [0.05, 0.1) is 0 Å². The van der Waals surface area contributed by atoms with Gasteiger partial charge in [-0.3, -0.25) is 0 Å². The molecule has 1 rings (SSSR count). The molecular weight excluding hydrogens is 102 g/mol. The van der Waals surface area contributed by atoms with Crippen LogP contribution in [0.25, 0.3) is 0 Å². The number of aryl methyl sites for hydroxylation is 2. The van der Waals surface area contributed by atoms with Gasteiger partial charge < -0.3 is 0 Å². The van der Waals surface area contributed by atoms with Crippen molar-refractivity contribution in [1.29, 1.82) is 0 Å². The summed E-state index contributed by atoms with van der Waals surface area (Å²) in [6.45, 7) is 2.02. The molecule has 1 aromatic heterocycles. The van der Waals surface area contributed by atoms with Crippen LogP contribution in [0.3, 0.4) is 0 Å². The van der Waals surface area contributed by atoms with E-state index in [-0.39, 0.29) is 0 Å². The van der Waals surface area contributed by atoms with Crippen molar-refractivity contribution in [2.75, 3.05) is 0 Å². The molecule has 0 aliphatic carbocycles. The average Bonchev–Trinajstić information content (AvgIpc) is 2.14. The largest absolute Gasteiger partial charge is 0.246 e. The Balaban J connectivity index is 2.84. The molecule has 0 N–H and O–H groups in total. The molecule has 0 bridgehead atoms. The molecule has 0 unspecified atom stereocenters. The molecule has 43 valence electrons. The maximum absolute atomic E-state index is 3.98. The first-order valence-corrected chi connectivity index (χ1v) is 2.60. The molecule has 1 heterocycles. The summed E-state index contributed by atoms with van der Waals surface area (Å²) in [6.07, 6.45) is 3.56. The van der Waals surface area contributed by atoms with Gasteiger partial charge in [0.1, 0.15) is 0 Å². The first-order valence-electron chi connectivity index (χ1n) is 2.60. The Labute approximate surface area is 48.4 Å². The molecule has 1 radical (unpaired) electrons. The summed E-state index contributed by atoms with van der Waals surface area (Å²) in [5.41, 5.74) is 0. The van der Waals surface area contributed by atoms with Crippen LogP contribution in [0.4, 0.5) is 0 Å². The second kappa shape index (κ2) is 1.94. The van der Waals surface area contributed by atoms with Crippen LogP contribution in [0, 0.1) is 6.33 Å². The SMILES string of the molecule is CCc1n[c]n(C)n1. The van der Waals surface area contributed by atoms with Gasteiger partial charge in [-0.05, 0) is 0 Å². The fourth-order valence-electron chi connectivity index (χ4n) is 0.498. The predicted octanol–water partition coefficient (Wildman–Crippen LogP) is 0.178. The molecule has 0 aliphatic rings. The van der Waals surface area contributed by atoms with E-state index in [0.29, 0.717) is 0 Å². The highest BCUT2D eigenvalue weighted by atomic mass is 15.3. The van der Waals surface area contributed by atoms with Crippen LogP contribution >= 0.6 is 0 Å². The number of nitrogens with zero attached hydrogens (tertiary/aromatic N) is 3. The summed E-state index contributed by atoms with van der Waals surface area (Å²) in [5, 5.41) is 3.98. The minimum atomic E-state index is 0.854. The van der Waals surface area contributed by atoms with Gasteiger partial charge in [-0.1, -0.05) is 6.92 Å². The third-order valence-corrected chi connectivity index (χ3v) is 0.905. The maximum atomic E-state index is 3.98. The number of hydrogen-bond donors (Lipinski definition) is 0. The highest BCUT2D eigenvalue weighted by molar-refractivity contribution is 4.77. The molecule has 0 atom stereocenters. The molecule has 8 heavy (non-hydrogen) atoms. The van der Waals surface area contributed by atoms with Crippen LogP contribution in [-0.2, 0) is 13.5 Å². The molecule has 1 aromatic rings. The molecule has 0 aliphatic heterocycles. The van der Waals surface area contributed by atoms with Crippen LogP contribution in [0.2, 0.25) is 0 Å². The Morgan fingerprint density at radius 2 is 2.50 bits per heavy atom. The molecule has 0 fully saturated rings. The van der Waals surface area contributed by atoms with E-state index in [4.69, 9.17) is 0 Å². The Kier molecular flexibility index (Phi) is 1.28. The number of aromatic nitrogens is 3. The molecule has 0 saturated heterocycles. The normalized spacial score (nSPS) is 9.75. The Morgan fingerprint density at radius 3 is 2.75 bits per heavy atom. The molecule has 0 amide bonds. The van der Waals surface area contributed by atoms with Crippen LogP contribution in [0.15, 0.2) is 0 Å². The second-order valence-electron chi connectivity index (χ2n) is 1.61. The van der Waals surface area contributed by atoms with Gasteiger partial charge in [0.15, 0.2) is 12.2 Å². The van der Waals surface area contributed by atoms with E-state index < -0.39 is 0 Å². The lowest BCUT2D eigenvalue weighted by Gasteiger charge is -1.80. The van der Waals surface area contributed by atoms with Crippen LogP contribution in [0.1, 0.15) is 12.7 Å². The first kappa shape index (κ1) is 5.28. The minimum absolute atomic E-state index is 0.854. The van der Waals surface area contributed by atoms with Gasteiger partial charge in [-0.15, -0.1) is 0 Å². The first-order chi connectivity index (χ1) is 3.83. The summed E-state index contributed by atoms with van der Waals surface area (Å²) in [5.74, 6) is 0.854. The Morgan fingerprint density at radius 1 is 1.75 bits per heavy atom. The highest BCUT2D eigenvalue weighted by Gasteiger charge is 1.91. The molecule has 0 aromatic carbocycles. The lowest BCUT2D eigenvalue weighted by molar-refractivity contribution is 0.741. The highest BCUT2D eigenvalue weighted by Crippen LogP contribution is 1.85. The summed E-state index contributed by atoms with van der Waals surface area (Å²) >= 11 is 0.